The third kappa shape index (κ3) is 3.57. The molecule has 2 aromatic carbocycles. The van der Waals surface area contributed by atoms with Crippen LogP contribution in [0.1, 0.15) is 18.7 Å². The van der Waals surface area contributed by atoms with E-state index in [4.69, 9.17) is 16.1 Å². The first-order valence-electron chi connectivity index (χ1n) is 11.1. The summed E-state index contributed by atoms with van der Waals surface area (Å²) in [6, 6.07) is 18.1. The van der Waals surface area contributed by atoms with E-state index in [9.17, 15) is 4.79 Å². The van der Waals surface area contributed by atoms with Crippen molar-refractivity contribution in [3.05, 3.63) is 101 Å². The second-order valence-corrected chi connectivity index (χ2v) is 8.50. The van der Waals surface area contributed by atoms with Crippen molar-refractivity contribution >= 4 is 39.2 Å². The lowest BCUT2D eigenvalue weighted by Crippen LogP contribution is -2.27. The molecule has 9 nitrogen and oxygen atoms in total. The van der Waals surface area contributed by atoms with E-state index in [0.717, 1.165) is 5.39 Å². The molecule has 0 spiro atoms. The summed E-state index contributed by atoms with van der Waals surface area (Å²) in [4.78, 5) is 31.2. The first-order chi connectivity index (χ1) is 17.6. The van der Waals surface area contributed by atoms with Crippen molar-refractivity contribution in [2.45, 2.75) is 13.0 Å². The molecule has 6 rings (SSSR count). The van der Waals surface area contributed by atoms with Gasteiger partial charge in [0.25, 0.3) is 5.56 Å². The van der Waals surface area contributed by atoms with Gasteiger partial charge in [-0.3, -0.25) is 9.36 Å². The number of benzene rings is 2. The van der Waals surface area contributed by atoms with E-state index >= 15 is 0 Å². The van der Waals surface area contributed by atoms with E-state index in [-0.39, 0.29) is 5.56 Å². The topological polar surface area (TPSA) is 112 Å². The van der Waals surface area contributed by atoms with Gasteiger partial charge in [0.1, 0.15) is 12.1 Å². The van der Waals surface area contributed by atoms with Crippen LogP contribution in [0, 0.1) is 0 Å². The minimum atomic E-state index is -0.415. The minimum absolute atomic E-state index is 0.251. The van der Waals surface area contributed by atoms with Gasteiger partial charge in [0, 0.05) is 22.8 Å². The van der Waals surface area contributed by atoms with Gasteiger partial charge < -0.3 is 9.84 Å². The van der Waals surface area contributed by atoms with E-state index in [1.54, 1.807) is 16.8 Å². The van der Waals surface area contributed by atoms with Crippen molar-refractivity contribution in [1.82, 2.24) is 29.7 Å². The molecule has 1 atom stereocenters. The van der Waals surface area contributed by atoms with Crippen molar-refractivity contribution < 1.29 is 4.52 Å². The molecule has 0 aliphatic carbocycles. The average Bonchev–Trinajstić information content (AvgIpc) is 3.46. The maximum Gasteiger partial charge on any atom is 0.264 e. The molecule has 0 radical (unpaired) electrons. The van der Waals surface area contributed by atoms with Crippen molar-refractivity contribution in [2.75, 3.05) is 5.32 Å². The molecular formula is C26H18ClN7O2. The Morgan fingerprint density at radius 3 is 2.58 bits per heavy atom. The maximum atomic E-state index is 14.1. The zero-order valence-electron chi connectivity index (χ0n) is 19.0. The highest BCUT2D eigenvalue weighted by Gasteiger charge is 2.24. The van der Waals surface area contributed by atoms with Crippen LogP contribution in [0.2, 0.25) is 5.02 Å². The Morgan fingerprint density at radius 1 is 0.944 bits per heavy atom. The number of hydrogen-bond acceptors (Lipinski definition) is 8. The molecule has 0 amide bonds. The summed E-state index contributed by atoms with van der Waals surface area (Å²) in [5.74, 6) is 0.900. The summed E-state index contributed by atoms with van der Waals surface area (Å²) in [7, 11) is 0. The van der Waals surface area contributed by atoms with Crippen molar-refractivity contribution in [1.29, 1.82) is 0 Å². The number of pyridine rings is 2. The zero-order valence-corrected chi connectivity index (χ0v) is 19.7. The first-order valence-corrected chi connectivity index (χ1v) is 11.5. The second kappa shape index (κ2) is 8.86. The van der Waals surface area contributed by atoms with E-state index in [1.807, 2.05) is 61.5 Å². The fraction of sp³-hybridized carbons (Fsp3) is 0.0769. The Labute approximate surface area is 209 Å². The highest BCUT2D eigenvalue weighted by molar-refractivity contribution is 6.36. The fourth-order valence-corrected chi connectivity index (χ4v) is 4.81. The predicted octanol–water partition coefficient (Wildman–Crippen LogP) is 5.21. The molecule has 0 saturated carbocycles. The summed E-state index contributed by atoms with van der Waals surface area (Å²) in [6.45, 7) is 1.93. The van der Waals surface area contributed by atoms with Crippen molar-refractivity contribution in [3.8, 4) is 17.1 Å². The molecule has 0 unspecified atom stereocenters. The number of nitrogens with zero attached hydrogens (tertiary/aromatic N) is 6. The largest absolute Gasteiger partial charge is 0.361 e. The standard InChI is InChI=1S/C26H18ClN7O2/c1-15(32-24-19-11-6-12-28-23(19)29-13-30-24)22-21(27)17-9-5-10-18(25-31-14-36-33-25)20(17)26(35)34(22)16-7-3-2-4-8-16/h2-15H,1H3,(H,28,29,30,32)/t15-/m0/s1. The number of aromatic nitrogens is 6. The molecule has 4 aromatic heterocycles. The number of hydrogen-bond donors (Lipinski definition) is 1. The second-order valence-electron chi connectivity index (χ2n) is 8.12. The molecule has 0 saturated heterocycles. The van der Waals surface area contributed by atoms with Crippen LogP contribution in [0.3, 0.4) is 0 Å². The Kier molecular flexibility index (Phi) is 5.38. The molecule has 0 aliphatic rings. The third-order valence-corrected chi connectivity index (χ3v) is 6.37. The van der Waals surface area contributed by atoms with Crippen molar-refractivity contribution in [3.63, 3.8) is 0 Å². The summed E-state index contributed by atoms with van der Waals surface area (Å²) in [6.07, 6.45) is 4.36. The van der Waals surface area contributed by atoms with Gasteiger partial charge in [-0.15, -0.1) is 0 Å². The van der Waals surface area contributed by atoms with Gasteiger partial charge in [-0.2, -0.15) is 4.98 Å². The van der Waals surface area contributed by atoms with Crippen LogP contribution in [0.25, 0.3) is 38.9 Å². The smallest absolute Gasteiger partial charge is 0.264 e. The first kappa shape index (κ1) is 21.9. The van der Waals surface area contributed by atoms with Crippen LogP contribution in [0.4, 0.5) is 5.82 Å². The van der Waals surface area contributed by atoms with Crippen LogP contribution in [-0.2, 0) is 0 Å². The van der Waals surface area contributed by atoms with Gasteiger partial charge in [-0.05, 0) is 31.2 Å². The quantitative estimate of drug-likeness (QED) is 0.347. The van der Waals surface area contributed by atoms with Crippen LogP contribution in [-0.4, -0.2) is 29.7 Å². The van der Waals surface area contributed by atoms with Gasteiger partial charge in [0.2, 0.25) is 12.2 Å². The van der Waals surface area contributed by atoms with Crippen LogP contribution < -0.4 is 10.9 Å². The molecule has 1 N–H and O–H groups in total. The molecule has 0 aliphatic heterocycles. The Hall–Kier alpha value is -4.63. The molecule has 4 heterocycles. The van der Waals surface area contributed by atoms with Gasteiger partial charge in [0.05, 0.1) is 27.5 Å². The summed E-state index contributed by atoms with van der Waals surface area (Å²) >= 11 is 7.07. The molecule has 36 heavy (non-hydrogen) atoms. The van der Waals surface area contributed by atoms with Crippen LogP contribution >= 0.6 is 11.6 Å². The Bertz CT molecular complexity index is 1760. The summed E-state index contributed by atoms with van der Waals surface area (Å²) in [5.41, 5.74) is 2.11. The van der Waals surface area contributed by atoms with E-state index in [2.05, 4.69) is 30.4 Å². The van der Waals surface area contributed by atoms with E-state index < -0.39 is 6.04 Å². The summed E-state index contributed by atoms with van der Waals surface area (Å²) < 4.78 is 6.55. The van der Waals surface area contributed by atoms with Crippen LogP contribution in [0.15, 0.2) is 88.9 Å². The Balaban J connectivity index is 1.61. The predicted molar refractivity (Wildman–Crippen MR) is 137 cm³/mol. The minimum Gasteiger partial charge on any atom is -0.361 e. The molecule has 0 fully saturated rings. The number of para-hydroxylation sites is 1. The van der Waals surface area contributed by atoms with Gasteiger partial charge in [0.15, 0.2) is 5.65 Å². The number of anilines is 1. The SMILES string of the molecule is C[C@H](Nc1ncnc2ncccc12)c1c(Cl)c2cccc(-c3ncon3)c2c(=O)n1-c1ccccc1. The number of rotatable bonds is 5. The zero-order chi connectivity index (χ0) is 24.6. The highest BCUT2D eigenvalue weighted by Crippen LogP contribution is 2.36. The van der Waals surface area contributed by atoms with Crippen LogP contribution in [0.5, 0.6) is 0 Å². The summed E-state index contributed by atoms with van der Waals surface area (Å²) in [5, 5.41) is 9.54. The normalized spacial score (nSPS) is 12.2. The molecule has 176 valence electrons. The molecule has 6 aromatic rings. The van der Waals surface area contributed by atoms with E-state index in [0.29, 0.717) is 50.0 Å². The Morgan fingerprint density at radius 2 is 1.78 bits per heavy atom. The lowest BCUT2D eigenvalue weighted by atomic mass is 10.0. The number of nitrogens with one attached hydrogen (secondary N) is 1. The fourth-order valence-electron chi connectivity index (χ4n) is 4.40. The van der Waals surface area contributed by atoms with Crippen molar-refractivity contribution in [2.24, 2.45) is 0 Å². The highest BCUT2D eigenvalue weighted by atomic mass is 35.5. The maximum absolute atomic E-state index is 14.1. The molecular weight excluding hydrogens is 478 g/mol. The lowest BCUT2D eigenvalue weighted by Gasteiger charge is -2.23. The van der Waals surface area contributed by atoms with Gasteiger partial charge in [-0.25, -0.2) is 15.0 Å². The third-order valence-electron chi connectivity index (χ3n) is 5.97. The molecule has 10 heteroatoms. The van der Waals surface area contributed by atoms with Gasteiger partial charge in [-0.1, -0.05) is 53.2 Å². The van der Waals surface area contributed by atoms with Gasteiger partial charge >= 0.3 is 0 Å². The van der Waals surface area contributed by atoms with E-state index in [1.165, 1.54) is 12.7 Å². The number of halogens is 1. The monoisotopic (exact) mass is 495 g/mol. The average molecular weight is 496 g/mol. The number of fused-ring (bicyclic) bond motifs is 2. The molecule has 0 bridgehead atoms. The lowest BCUT2D eigenvalue weighted by molar-refractivity contribution is 0.419.